The van der Waals surface area contributed by atoms with Gasteiger partial charge >= 0.3 is 0 Å². The first-order chi connectivity index (χ1) is 9.43. The summed E-state index contributed by atoms with van der Waals surface area (Å²) in [5, 5.41) is 5.42. The number of rotatable bonds is 7. The predicted molar refractivity (Wildman–Crippen MR) is 83.3 cm³/mol. The number of furan rings is 1. The van der Waals surface area contributed by atoms with Gasteiger partial charge in [-0.1, -0.05) is 13.8 Å². The lowest BCUT2D eigenvalue weighted by molar-refractivity contribution is -0.123. The first-order valence-electron chi connectivity index (χ1n) is 6.78. The molecule has 4 N–H and O–H groups in total. The molecule has 2 amide bonds. The second-order valence-electron chi connectivity index (χ2n) is 5.24. The van der Waals surface area contributed by atoms with Crippen molar-refractivity contribution >= 4 is 24.2 Å². The summed E-state index contributed by atoms with van der Waals surface area (Å²) < 4.78 is 4.97. The van der Waals surface area contributed by atoms with Gasteiger partial charge < -0.3 is 20.8 Å². The number of amides is 2. The zero-order chi connectivity index (χ0) is 15.1. The predicted octanol–water partition coefficient (Wildman–Crippen LogP) is 1.31. The van der Waals surface area contributed by atoms with Gasteiger partial charge in [0.05, 0.1) is 6.26 Å². The van der Waals surface area contributed by atoms with Gasteiger partial charge in [0.15, 0.2) is 5.76 Å². The molecule has 1 aromatic heterocycles. The Morgan fingerprint density at radius 2 is 1.95 bits per heavy atom. The minimum atomic E-state index is -0.645. The summed E-state index contributed by atoms with van der Waals surface area (Å²) >= 11 is 0. The second-order valence-corrected chi connectivity index (χ2v) is 5.24. The number of carbonyl (C=O) groups is 2. The minimum Gasteiger partial charge on any atom is -0.459 e. The van der Waals surface area contributed by atoms with E-state index in [4.69, 9.17) is 10.2 Å². The van der Waals surface area contributed by atoms with Gasteiger partial charge in [-0.25, -0.2) is 0 Å². The van der Waals surface area contributed by atoms with Crippen LogP contribution in [0, 0.1) is 5.92 Å². The third-order valence-corrected chi connectivity index (χ3v) is 2.87. The quantitative estimate of drug-likeness (QED) is 0.706. The molecule has 0 spiro atoms. The van der Waals surface area contributed by atoms with Gasteiger partial charge in [-0.05, 0) is 31.4 Å². The number of nitrogens with one attached hydrogen (secondary N) is 2. The second kappa shape index (κ2) is 9.41. The van der Waals surface area contributed by atoms with Gasteiger partial charge in [0.1, 0.15) is 6.04 Å². The van der Waals surface area contributed by atoms with Crippen LogP contribution >= 0.6 is 12.4 Å². The van der Waals surface area contributed by atoms with E-state index in [-0.39, 0.29) is 30.1 Å². The van der Waals surface area contributed by atoms with Crippen LogP contribution in [0.4, 0.5) is 0 Å². The Hall–Kier alpha value is -1.53. The van der Waals surface area contributed by atoms with Crippen molar-refractivity contribution in [2.45, 2.75) is 39.3 Å². The smallest absolute Gasteiger partial charge is 0.287 e. The van der Waals surface area contributed by atoms with Gasteiger partial charge in [-0.15, -0.1) is 12.4 Å². The van der Waals surface area contributed by atoms with Crippen molar-refractivity contribution in [2.24, 2.45) is 11.7 Å². The lowest BCUT2D eigenvalue weighted by Crippen LogP contribution is -2.50. The van der Waals surface area contributed by atoms with E-state index in [1.165, 1.54) is 6.26 Å². The first-order valence-corrected chi connectivity index (χ1v) is 6.78. The van der Waals surface area contributed by atoms with E-state index in [1.54, 1.807) is 19.1 Å². The monoisotopic (exact) mass is 317 g/mol. The molecule has 0 saturated carbocycles. The molecule has 1 aromatic rings. The number of hydrogen-bond donors (Lipinski definition) is 3. The molecule has 2 atom stereocenters. The van der Waals surface area contributed by atoms with Crippen molar-refractivity contribution in [3.05, 3.63) is 24.2 Å². The van der Waals surface area contributed by atoms with Crippen LogP contribution in [-0.4, -0.2) is 30.4 Å². The average molecular weight is 318 g/mol. The van der Waals surface area contributed by atoms with E-state index in [0.717, 1.165) is 6.42 Å². The summed E-state index contributed by atoms with van der Waals surface area (Å²) in [5.74, 6) is -0.0362. The summed E-state index contributed by atoms with van der Waals surface area (Å²) in [5.41, 5.74) is 5.63. The van der Waals surface area contributed by atoms with Gasteiger partial charge in [-0.3, -0.25) is 9.59 Å². The maximum absolute atomic E-state index is 12.0. The van der Waals surface area contributed by atoms with Crippen LogP contribution in [0.15, 0.2) is 22.8 Å². The van der Waals surface area contributed by atoms with E-state index < -0.39 is 11.9 Å². The topological polar surface area (TPSA) is 97.4 Å². The van der Waals surface area contributed by atoms with Crippen LogP contribution in [-0.2, 0) is 4.79 Å². The Bertz CT molecular complexity index is 435. The van der Waals surface area contributed by atoms with Crippen LogP contribution < -0.4 is 16.4 Å². The normalized spacial score (nSPS) is 13.2. The fraction of sp³-hybridized carbons (Fsp3) is 0.571. The van der Waals surface area contributed by atoms with Crippen LogP contribution in [0.1, 0.15) is 37.7 Å². The van der Waals surface area contributed by atoms with Crippen LogP contribution in [0.3, 0.4) is 0 Å². The van der Waals surface area contributed by atoms with Crippen LogP contribution in [0.25, 0.3) is 0 Å². The molecule has 120 valence electrons. The molecule has 0 aromatic carbocycles. The molecule has 1 rings (SSSR count). The number of nitrogens with two attached hydrogens (primary N) is 1. The molecule has 0 aliphatic carbocycles. The van der Waals surface area contributed by atoms with E-state index >= 15 is 0 Å². The molecular weight excluding hydrogens is 294 g/mol. The highest BCUT2D eigenvalue weighted by Crippen LogP contribution is 2.04. The third kappa shape index (κ3) is 6.64. The van der Waals surface area contributed by atoms with E-state index in [0.29, 0.717) is 12.5 Å². The molecule has 6 nitrogen and oxygen atoms in total. The largest absolute Gasteiger partial charge is 0.459 e. The van der Waals surface area contributed by atoms with Crippen molar-refractivity contribution < 1.29 is 14.0 Å². The number of halogens is 1. The maximum Gasteiger partial charge on any atom is 0.287 e. The SMILES string of the molecule is CC(C)CC(CN)NC(=O)C(C)NC(=O)c1ccco1.Cl. The van der Waals surface area contributed by atoms with Crippen molar-refractivity contribution in [2.75, 3.05) is 6.54 Å². The minimum absolute atomic E-state index is 0. The van der Waals surface area contributed by atoms with E-state index in [2.05, 4.69) is 24.5 Å². The Morgan fingerprint density at radius 3 is 2.43 bits per heavy atom. The Labute approximate surface area is 131 Å². The molecule has 21 heavy (non-hydrogen) atoms. The average Bonchev–Trinajstić information content (AvgIpc) is 2.90. The summed E-state index contributed by atoms with van der Waals surface area (Å²) in [4.78, 5) is 23.7. The van der Waals surface area contributed by atoms with Crippen molar-refractivity contribution in [1.82, 2.24) is 10.6 Å². The number of hydrogen-bond acceptors (Lipinski definition) is 4. The molecule has 0 radical (unpaired) electrons. The standard InChI is InChI=1S/C14H23N3O3.ClH/c1-9(2)7-11(8-15)17-13(18)10(3)16-14(19)12-5-4-6-20-12;/h4-6,9-11H,7-8,15H2,1-3H3,(H,16,19)(H,17,18);1H. The fourth-order valence-corrected chi connectivity index (χ4v) is 1.85. The molecule has 0 fully saturated rings. The van der Waals surface area contributed by atoms with E-state index in [9.17, 15) is 9.59 Å². The lowest BCUT2D eigenvalue weighted by Gasteiger charge is -2.21. The maximum atomic E-state index is 12.0. The molecular formula is C14H24ClN3O3. The Balaban J connectivity index is 0.00000400. The summed E-state index contributed by atoms with van der Waals surface area (Å²) in [6, 6.07) is 2.44. The van der Waals surface area contributed by atoms with Crippen molar-refractivity contribution in [3.63, 3.8) is 0 Å². The van der Waals surface area contributed by atoms with Gasteiger partial charge in [-0.2, -0.15) is 0 Å². The highest BCUT2D eigenvalue weighted by molar-refractivity contribution is 5.95. The molecule has 0 bridgehead atoms. The van der Waals surface area contributed by atoms with Gasteiger partial charge in [0.2, 0.25) is 5.91 Å². The first kappa shape index (κ1) is 19.5. The Kier molecular flexibility index (Phi) is 8.73. The van der Waals surface area contributed by atoms with Crippen LogP contribution in [0.5, 0.6) is 0 Å². The summed E-state index contributed by atoms with van der Waals surface area (Å²) in [6.45, 7) is 6.13. The zero-order valence-electron chi connectivity index (χ0n) is 12.6. The van der Waals surface area contributed by atoms with Crippen molar-refractivity contribution in [1.29, 1.82) is 0 Å². The summed E-state index contributed by atoms with van der Waals surface area (Å²) in [6.07, 6.45) is 2.22. The number of carbonyl (C=O) groups excluding carboxylic acids is 2. The van der Waals surface area contributed by atoms with Crippen molar-refractivity contribution in [3.8, 4) is 0 Å². The molecule has 7 heteroatoms. The highest BCUT2D eigenvalue weighted by atomic mass is 35.5. The fourth-order valence-electron chi connectivity index (χ4n) is 1.85. The lowest BCUT2D eigenvalue weighted by atomic mass is 10.0. The molecule has 0 aliphatic rings. The summed E-state index contributed by atoms with van der Waals surface area (Å²) in [7, 11) is 0. The Morgan fingerprint density at radius 1 is 1.29 bits per heavy atom. The third-order valence-electron chi connectivity index (χ3n) is 2.87. The van der Waals surface area contributed by atoms with E-state index in [1.807, 2.05) is 0 Å². The van der Waals surface area contributed by atoms with Gasteiger partial charge in [0, 0.05) is 12.6 Å². The van der Waals surface area contributed by atoms with Gasteiger partial charge in [0.25, 0.3) is 5.91 Å². The molecule has 0 saturated heterocycles. The molecule has 1 heterocycles. The highest BCUT2D eigenvalue weighted by Gasteiger charge is 2.20. The molecule has 0 aliphatic heterocycles. The molecule has 2 unspecified atom stereocenters. The van der Waals surface area contributed by atoms with Crippen LogP contribution in [0.2, 0.25) is 0 Å². The zero-order valence-corrected chi connectivity index (χ0v) is 13.4.